The van der Waals surface area contributed by atoms with Crippen molar-refractivity contribution in [2.45, 2.75) is 12.2 Å². The van der Waals surface area contributed by atoms with Crippen LogP contribution in [0.3, 0.4) is 0 Å². The summed E-state index contributed by atoms with van der Waals surface area (Å²) in [6.45, 7) is 2.77. The molecule has 96 valence electrons. The van der Waals surface area contributed by atoms with E-state index in [4.69, 9.17) is 0 Å². The first-order valence-electron chi connectivity index (χ1n) is 5.55. The Morgan fingerprint density at radius 3 is 2.83 bits per heavy atom. The summed E-state index contributed by atoms with van der Waals surface area (Å²) in [4.78, 5) is 16.3. The third-order valence-corrected chi connectivity index (χ3v) is 5.15. The van der Waals surface area contributed by atoms with Gasteiger partial charge < -0.3 is 5.32 Å². The van der Waals surface area contributed by atoms with E-state index in [1.165, 1.54) is 11.8 Å². The van der Waals surface area contributed by atoms with Crippen LogP contribution in [0.25, 0.3) is 0 Å². The van der Waals surface area contributed by atoms with E-state index < -0.39 is 0 Å². The van der Waals surface area contributed by atoms with Gasteiger partial charge in [0.2, 0.25) is 5.91 Å². The first-order valence-corrected chi connectivity index (χ1v) is 8.21. The van der Waals surface area contributed by atoms with E-state index in [2.05, 4.69) is 26.2 Å². The summed E-state index contributed by atoms with van der Waals surface area (Å²) in [6.07, 6.45) is 0. The molecular formula is C12H13BrN2OS2. The second kappa shape index (κ2) is 6.63. The number of aliphatic imine (C=N–C) groups is 1. The Kier molecular flexibility index (Phi) is 5.14. The molecule has 0 spiro atoms. The van der Waals surface area contributed by atoms with Crippen LogP contribution in [0.15, 0.2) is 33.7 Å². The Labute approximate surface area is 123 Å². The highest BCUT2D eigenvalue weighted by Gasteiger charge is 2.18. The zero-order chi connectivity index (χ0) is 13.0. The lowest BCUT2D eigenvalue weighted by molar-refractivity contribution is -0.115. The van der Waals surface area contributed by atoms with Gasteiger partial charge in [-0.3, -0.25) is 9.79 Å². The van der Waals surface area contributed by atoms with Crippen LogP contribution in [-0.2, 0) is 4.79 Å². The fourth-order valence-electron chi connectivity index (χ4n) is 1.37. The number of thioether (sulfide) groups is 2. The summed E-state index contributed by atoms with van der Waals surface area (Å²) in [6, 6.07) is 7.57. The fourth-order valence-corrected chi connectivity index (χ4v) is 3.76. The van der Waals surface area contributed by atoms with E-state index in [1.807, 2.05) is 31.2 Å². The van der Waals surface area contributed by atoms with Crippen LogP contribution in [0.4, 0.5) is 5.69 Å². The molecule has 1 aliphatic rings. The monoisotopic (exact) mass is 344 g/mol. The molecule has 0 unspecified atom stereocenters. The summed E-state index contributed by atoms with van der Waals surface area (Å²) >= 11 is 6.62. The van der Waals surface area contributed by atoms with Gasteiger partial charge in [-0.15, -0.1) is 0 Å². The van der Waals surface area contributed by atoms with E-state index >= 15 is 0 Å². The normalized spacial score (nSPS) is 16.2. The predicted molar refractivity (Wildman–Crippen MR) is 84.6 cm³/mol. The van der Waals surface area contributed by atoms with Crippen molar-refractivity contribution in [2.75, 3.05) is 17.6 Å². The Hall–Kier alpha value is -0.460. The highest BCUT2D eigenvalue weighted by atomic mass is 79.9. The van der Waals surface area contributed by atoms with E-state index in [0.29, 0.717) is 0 Å². The molecule has 1 aliphatic heterocycles. The van der Waals surface area contributed by atoms with Crippen molar-refractivity contribution in [3.05, 3.63) is 28.7 Å². The number of halogens is 1. The number of hydrogen-bond donors (Lipinski definition) is 1. The summed E-state index contributed by atoms with van der Waals surface area (Å²) < 4.78 is 2.02. The maximum absolute atomic E-state index is 12.0. The molecule has 3 nitrogen and oxygen atoms in total. The minimum atomic E-state index is -0.127. The van der Waals surface area contributed by atoms with Crippen LogP contribution >= 0.6 is 39.5 Å². The molecule has 0 aliphatic carbocycles. The van der Waals surface area contributed by atoms with Crippen LogP contribution in [0, 0.1) is 0 Å². The van der Waals surface area contributed by atoms with Gasteiger partial charge in [-0.05, 0) is 31.2 Å². The third-order valence-electron chi connectivity index (χ3n) is 2.32. The lowest BCUT2D eigenvalue weighted by Gasteiger charge is -2.11. The maximum Gasteiger partial charge on any atom is 0.237 e. The van der Waals surface area contributed by atoms with Gasteiger partial charge in [0.05, 0.1) is 11.8 Å². The first-order chi connectivity index (χ1) is 8.65. The summed E-state index contributed by atoms with van der Waals surface area (Å²) in [5, 5.41) is 2.77. The molecule has 0 radical (unpaired) electrons. The van der Waals surface area contributed by atoms with Crippen LogP contribution in [0.2, 0.25) is 0 Å². The minimum Gasteiger partial charge on any atom is -0.325 e. The van der Waals surface area contributed by atoms with Crippen molar-refractivity contribution in [3.63, 3.8) is 0 Å². The van der Waals surface area contributed by atoms with Crippen molar-refractivity contribution in [1.82, 2.24) is 0 Å². The number of benzene rings is 1. The van der Waals surface area contributed by atoms with Gasteiger partial charge in [-0.1, -0.05) is 39.5 Å². The quantitative estimate of drug-likeness (QED) is 0.910. The number of anilines is 1. The van der Waals surface area contributed by atoms with Crippen LogP contribution in [-0.4, -0.2) is 27.8 Å². The highest BCUT2D eigenvalue weighted by molar-refractivity contribution is 9.10. The molecule has 18 heavy (non-hydrogen) atoms. The van der Waals surface area contributed by atoms with Gasteiger partial charge in [-0.2, -0.15) is 0 Å². The minimum absolute atomic E-state index is 0.0116. The molecule has 1 aromatic rings. The van der Waals surface area contributed by atoms with Crippen LogP contribution < -0.4 is 5.32 Å². The van der Waals surface area contributed by atoms with Crippen molar-refractivity contribution < 1.29 is 4.79 Å². The number of hydrogen-bond acceptors (Lipinski definition) is 4. The fraction of sp³-hybridized carbons (Fsp3) is 0.333. The van der Waals surface area contributed by atoms with Crippen LogP contribution in [0.1, 0.15) is 6.92 Å². The Balaban J connectivity index is 1.88. The van der Waals surface area contributed by atoms with Gasteiger partial charge in [0.15, 0.2) is 0 Å². The summed E-state index contributed by atoms with van der Waals surface area (Å²) in [5.74, 6) is 1.04. The van der Waals surface area contributed by atoms with Gasteiger partial charge >= 0.3 is 0 Å². The summed E-state index contributed by atoms with van der Waals surface area (Å²) in [5.41, 5.74) is 0.816. The Morgan fingerprint density at radius 1 is 1.50 bits per heavy atom. The van der Waals surface area contributed by atoms with Crippen molar-refractivity contribution in [3.8, 4) is 0 Å². The van der Waals surface area contributed by atoms with E-state index in [-0.39, 0.29) is 11.2 Å². The van der Waals surface area contributed by atoms with E-state index in [9.17, 15) is 4.79 Å². The number of carbonyl (C=O) groups is 1. The largest absolute Gasteiger partial charge is 0.325 e. The Morgan fingerprint density at radius 2 is 2.22 bits per heavy atom. The Bertz CT molecular complexity index is 462. The molecule has 1 N–H and O–H groups in total. The molecule has 1 atom stereocenters. The van der Waals surface area contributed by atoms with Gasteiger partial charge in [0.25, 0.3) is 0 Å². The maximum atomic E-state index is 12.0. The number of nitrogens with zero attached hydrogens (tertiary/aromatic N) is 1. The molecule has 0 fully saturated rings. The molecule has 1 amide bonds. The van der Waals surface area contributed by atoms with E-state index in [0.717, 1.165) is 26.8 Å². The van der Waals surface area contributed by atoms with Crippen molar-refractivity contribution in [1.29, 1.82) is 0 Å². The number of carbonyl (C=O) groups excluding carboxylic acids is 1. The van der Waals surface area contributed by atoms with Crippen molar-refractivity contribution in [2.24, 2.45) is 4.99 Å². The smallest absolute Gasteiger partial charge is 0.237 e. The SMILES string of the molecule is C[C@@H](SC1=NCCS1)C(=O)Nc1ccc(Br)cc1. The third kappa shape index (κ3) is 4.03. The molecule has 0 saturated carbocycles. The second-order valence-electron chi connectivity index (χ2n) is 3.75. The molecule has 1 aromatic carbocycles. The first kappa shape index (κ1) is 14.0. The zero-order valence-electron chi connectivity index (χ0n) is 9.85. The molecule has 1 heterocycles. The summed E-state index contributed by atoms with van der Waals surface area (Å²) in [7, 11) is 0. The lowest BCUT2D eigenvalue weighted by Crippen LogP contribution is -2.23. The molecular weight excluding hydrogens is 332 g/mol. The average molecular weight is 345 g/mol. The van der Waals surface area contributed by atoms with Crippen molar-refractivity contribution >= 4 is 55.4 Å². The average Bonchev–Trinajstić information content (AvgIpc) is 2.85. The molecule has 0 bridgehead atoms. The number of amides is 1. The van der Waals surface area contributed by atoms with Gasteiger partial charge in [0.1, 0.15) is 4.38 Å². The van der Waals surface area contributed by atoms with Crippen LogP contribution in [0.5, 0.6) is 0 Å². The van der Waals surface area contributed by atoms with Gasteiger partial charge in [0, 0.05) is 15.9 Å². The topological polar surface area (TPSA) is 41.5 Å². The molecule has 0 saturated heterocycles. The van der Waals surface area contributed by atoms with E-state index in [1.54, 1.807) is 11.8 Å². The number of rotatable bonds is 3. The second-order valence-corrected chi connectivity index (χ2v) is 7.34. The number of nitrogens with one attached hydrogen (secondary N) is 1. The lowest BCUT2D eigenvalue weighted by atomic mass is 10.3. The highest BCUT2D eigenvalue weighted by Crippen LogP contribution is 2.26. The predicted octanol–water partition coefficient (Wildman–Crippen LogP) is 3.61. The molecule has 2 rings (SSSR count). The molecule has 6 heteroatoms. The zero-order valence-corrected chi connectivity index (χ0v) is 13.1. The molecule has 0 aromatic heterocycles. The van der Waals surface area contributed by atoms with Gasteiger partial charge in [-0.25, -0.2) is 0 Å². The standard InChI is InChI=1S/C12H13BrN2OS2/c1-8(18-12-14-6-7-17-12)11(16)15-10-4-2-9(13)3-5-10/h2-5,8H,6-7H2,1H3,(H,15,16)/t8-/m1/s1.